The Bertz CT molecular complexity index is 1570. The van der Waals surface area contributed by atoms with Crippen LogP contribution >= 0.6 is 11.9 Å². The topological polar surface area (TPSA) is 157 Å². The number of esters is 1. The fourth-order valence-electron chi connectivity index (χ4n) is 7.38. The Morgan fingerprint density at radius 2 is 1.69 bits per heavy atom. The Morgan fingerprint density at radius 1 is 1.04 bits per heavy atom. The van der Waals surface area contributed by atoms with Gasteiger partial charge in [-0.1, -0.05) is 58.9 Å². The van der Waals surface area contributed by atoms with E-state index in [9.17, 15) is 9.59 Å². The molecule has 1 amide bonds. The predicted molar refractivity (Wildman–Crippen MR) is 193 cm³/mol. The SMILES string of the molecule is CC.COC(=O)C1CC2(C1)CC(N1C(=O)c3cccc(c3)SNc3nc(cc(-c4c(C)cccc4C)n3)OC[C@H]1CC(C)(C)C)C2.O.O.[HH]. The molecule has 4 bridgehead atoms. The molecule has 0 radical (unpaired) electrons. The summed E-state index contributed by atoms with van der Waals surface area (Å²) >= 11 is 1.38. The third kappa shape index (κ3) is 8.30. The molecule has 2 saturated carbocycles. The maximum atomic E-state index is 14.4. The van der Waals surface area contributed by atoms with Gasteiger partial charge < -0.3 is 25.3 Å². The number of aromatic nitrogens is 2. The third-order valence-electron chi connectivity index (χ3n) is 9.30. The first-order chi connectivity index (χ1) is 21.9. The molecule has 3 aliphatic rings. The highest BCUT2D eigenvalue weighted by Gasteiger charge is 2.57. The van der Waals surface area contributed by atoms with Crippen molar-refractivity contribution in [3.05, 3.63) is 65.2 Å². The molecule has 11 heteroatoms. The number of carbonyl (C=O) groups is 2. The molecule has 10 nitrogen and oxygen atoms in total. The lowest BCUT2D eigenvalue weighted by molar-refractivity contribution is -0.163. The van der Waals surface area contributed by atoms with Crippen molar-refractivity contribution in [3.8, 4) is 17.1 Å². The van der Waals surface area contributed by atoms with Gasteiger partial charge in [-0.25, -0.2) is 4.98 Å². The molecule has 5 N–H and O–H groups in total. The molecule has 1 aliphatic heterocycles. The smallest absolute Gasteiger partial charge is 0.308 e. The van der Waals surface area contributed by atoms with E-state index in [1.165, 1.54) is 19.1 Å². The van der Waals surface area contributed by atoms with Gasteiger partial charge in [0, 0.05) is 29.6 Å². The molecular weight excluding hydrogens is 628 g/mol. The van der Waals surface area contributed by atoms with Crippen molar-refractivity contribution in [2.45, 2.75) is 97.5 Å². The summed E-state index contributed by atoms with van der Waals surface area (Å²) in [5, 5.41) is 0. The number of anilines is 1. The van der Waals surface area contributed by atoms with Crippen molar-refractivity contribution in [2.24, 2.45) is 16.7 Å². The van der Waals surface area contributed by atoms with E-state index in [0.717, 1.165) is 59.4 Å². The van der Waals surface area contributed by atoms with Crippen LogP contribution in [-0.4, -0.2) is 63.5 Å². The average molecular weight is 683 g/mol. The van der Waals surface area contributed by atoms with E-state index >= 15 is 0 Å². The minimum absolute atomic E-state index is 0. The predicted octanol–water partition coefficient (Wildman–Crippen LogP) is 6.87. The lowest BCUT2D eigenvalue weighted by Crippen LogP contribution is -2.62. The number of hydrogen-bond acceptors (Lipinski definition) is 8. The summed E-state index contributed by atoms with van der Waals surface area (Å²) in [6, 6.07) is 15.8. The van der Waals surface area contributed by atoms with Crippen molar-refractivity contribution < 1.29 is 31.4 Å². The van der Waals surface area contributed by atoms with E-state index in [1.807, 2.05) is 44.2 Å². The van der Waals surface area contributed by atoms with Crippen LogP contribution in [0.1, 0.15) is 89.6 Å². The minimum atomic E-state index is -0.173. The van der Waals surface area contributed by atoms with Crippen LogP contribution < -0.4 is 9.46 Å². The van der Waals surface area contributed by atoms with E-state index in [0.29, 0.717) is 24.0 Å². The van der Waals surface area contributed by atoms with Gasteiger partial charge in [-0.3, -0.25) is 14.3 Å². The summed E-state index contributed by atoms with van der Waals surface area (Å²) in [4.78, 5) is 39.1. The Morgan fingerprint density at radius 3 is 2.31 bits per heavy atom. The van der Waals surface area contributed by atoms with Crippen LogP contribution in [0.4, 0.5) is 5.95 Å². The molecular formula is C37H54N4O6S. The maximum absolute atomic E-state index is 14.4. The monoisotopic (exact) mass is 682 g/mol. The fraction of sp³-hybridized carbons (Fsp3) is 0.514. The van der Waals surface area contributed by atoms with Gasteiger partial charge in [-0.05, 0) is 98.1 Å². The molecule has 2 aromatic carbocycles. The second-order valence-electron chi connectivity index (χ2n) is 14.0. The number of amides is 1. The first-order valence-corrected chi connectivity index (χ1v) is 17.3. The van der Waals surface area contributed by atoms with Crippen molar-refractivity contribution in [3.63, 3.8) is 0 Å². The van der Waals surface area contributed by atoms with E-state index < -0.39 is 0 Å². The quantitative estimate of drug-likeness (QED) is 0.231. The van der Waals surface area contributed by atoms with Crippen LogP contribution in [0.15, 0.2) is 53.4 Å². The second-order valence-corrected chi connectivity index (χ2v) is 14.9. The van der Waals surface area contributed by atoms with Gasteiger partial charge in [0.15, 0.2) is 0 Å². The number of benzene rings is 2. The number of nitrogens with zero attached hydrogens (tertiary/aromatic N) is 3. The van der Waals surface area contributed by atoms with Gasteiger partial charge in [0.05, 0.1) is 24.8 Å². The summed E-state index contributed by atoms with van der Waals surface area (Å²) < 4.78 is 14.8. The molecule has 2 fully saturated rings. The molecule has 0 unspecified atom stereocenters. The van der Waals surface area contributed by atoms with Gasteiger partial charge in [0.25, 0.3) is 5.91 Å². The molecule has 2 aliphatic carbocycles. The first-order valence-electron chi connectivity index (χ1n) is 16.5. The molecule has 264 valence electrons. The number of nitrogens with one attached hydrogen (secondary N) is 1. The Labute approximate surface area is 290 Å². The van der Waals surface area contributed by atoms with E-state index in [2.05, 4.69) is 62.4 Å². The van der Waals surface area contributed by atoms with Crippen molar-refractivity contribution >= 4 is 29.8 Å². The molecule has 1 atom stereocenters. The van der Waals surface area contributed by atoms with E-state index in [-0.39, 0.29) is 53.1 Å². The molecule has 0 saturated heterocycles. The van der Waals surface area contributed by atoms with Crippen LogP contribution in [0.5, 0.6) is 5.88 Å². The highest BCUT2D eigenvalue weighted by Crippen LogP contribution is 2.60. The first kappa shape index (κ1) is 38.8. The van der Waals surface area contributed by atoms with E-state index in [1.54, 1.807) is 0 Å². The summed E-state index contributed by atoms with van der Waals surface area (Å²) in [7, 11) is 1.46. The summed E-state index contributed by atoms with van der Waals surface area (Å²) in [6.07, 6.45) is 4.21. The Hall–Kier alpha value is -3.67. The number of carbonyl (C=O) groups excluding carboxylic acids is 2. The van der Waals surface area contributed by atoms with Gasteiger partial charge in [-0.15, -0.1) is 0 Å². The molecule has 48 heavy (non-hydrogen) atoms. The van der Waals surface area contributed by atoms with E-state index in [4.69, 9.17) is 19.4 Å². The number of rotatable bonds is 4. The van der Waals surface area contributed by atoms with Crippen molar-refractivity contribution in [1.29, 1.82) is 0 Å². The number of aryl methyl sites for hydroxylation is 2. The molecule has 2 heterocycles. The lowest BCUT2D eigenvalue weighted by atomic mass is 9.49. The zero-order valence-electron chi connectivity index (χ0n) is 29.5. The minimum Gasteiger partial charge on any atom is -0.475 e. The number of methoxy groups -OCH3 is 1. The molecule has 1 aromatic heterocycles. The summed E-state index contributed by atoms with van der Waals surface area (Å²) in [5.41, 5.74) is 4.84. The maximum Gasteiger partial charge on any atom is 0.308 e. The standard InChI is InChI=1S/C35H42N4O4S.C2H6.2H2O.H2/c1-21-9-7-10-22(2)30(21)28-14-29-37-33(36-28)38-44-27-12-8-11-23(13-27)31(40)39(26(20-43-29)17-34(3,4)5)25-18-35(19-25)15-24(16-35)32(41)42-6;1-2;;;/h7-14,24-26H,15-20H2,1-6H3,(H,36,37,38);1-2H3;2*1H2;1H/t24?,25?,26-,35?;;;;/m1..../s1. The largest absolute Gasteiger partial charge is 0.475 e. The zero-order chi connectivity index (χ0) is 33.2. The zero-order valence-corrected chi connectivity index (χ0v) is 30.3. The van der Waals surface area contributed by atoms with Crippen molar-refractivity contribution in [2.75, 3.05) is 18.4 Å². The highest BCUT2D eigenvalue weighted by molar-refractivity contribution is 8.00. The number of fused-ring (bicyclic) bond motifs is 4. The highest BCUT2D eigenvalue weighted by atomic mass is 32.2. The lowest BCUT2D eigenvalue weighted by Gasteiger charge is -2.60. The van der Waals surface area contributed by atoms with Crippen LogP contribution in [0.3, 0.4) is 0 Å². The molecule has 1 spiro atoms. The van der Waals surface area contributed by atoms with Crippen molar-refractivity contribution in [1.82, 2.24) is 14.9 Å². The van der Waals surface area contributed by atoms with Crippen LogP contribution in [0, 0.1) is 30.6 Å². The normalized spacial score (nSPS) is 23.0. The van der Waals surface area contributed by atoms with Gasteiger partial charge >= 0.3 is 5.97 Å². The molecule has 3 aromatic rings. The van der Waals surface area contributed by atoms with Crippen LogP contribution in [0.25, 0.3) is 11.3 Å². The number of hydrogen-bond donors (Lipinski definition) is 1. The van der Waals surface area contributed by atoms with Crippen LogP contribution in [0.2, 0.25) is 0 Å². The fourth-order valence-corrected chi connectivity index (χ4v) is 8.01. The van der Waals surface area contributed by atoms with Gasteiger partial charge in [-0.2, -0.15) is 4.98 Å². The van der Waals surface area contributed by atoms with Gasteiger partial charge in [0.2, 0.25) is 11.8 Å². The van der Waals surface area contributed by atoms with Gasteiger partial charge in [0.1, 0.15) is 6.61 Å². The summed E-state index contributed by atoms with van der Waals surface area (Å²) in [5.74, 6) is 0.797. The summed E-state index contributed by atoms with van der Waals surface area (Å²) in [6.45, 7) is 15.1. The second kappa shape index (κ2) is 15.7. The Kier molecular flexibility index (Phi) is 12.7. The Balaban J connectivity index is 0.00000164. The molecule has 6 rings (SSSR count). The number of ether oxygens (including phenoxy) is 2. The third-order valence-corrected chi connectivity index (χ3v) is 10.1. The average Bonchev–Trinajstić information content (AvgIpc) is 2.98. The van der Waals surface area contributed by atoms with Crippen LogP contribution in [-0.2, 0) is 9.53 Å².